The zero-order valence-electron chi connectivity index (χ0n) is 21.0. The summed E-state index contributed by atoms with van der Waals surface area (Å²) in [5.74, 6) is 0.855. The van der Waals surface area contributed by atoms with E-state index in [2.05, 4.69) is 20.8 Å². The fourth-order valence-corrected chi connectivity index (χ4v) is 9.46. The summed E-state index contributed by atoms with van der Waals surface area (Å²) in [6, 6.07) is 0. The lowest BCUT2D eigenvalue weighted by atomic mass is 9.43. The van der Waals surface area contributed by atoms with Crippen molar-refractivity contribution in [2.24, 2.45) is 46.3 Å². The Bertz CT molecular complexity index is 698. The average molecular weight is 469 g/mol. The largest absolute Gasteiger partial charge is 0.393 e. The number of rotatable bonds is 6. The smallest absolute Gasteiger partial charge is 0.0849 e. The molecule has 0 unspecified atom stereocenters. The van der Waals surface area contributed by atoms with Crippen molar-refractivity contribution < 1.29 is 30.6 Å². The van der Waals surface area contributed by atoms with Crippen LogP contribution in [0.2, 0.25) is 0 Å². The van der Waals surface area contributed by atoms with Crippen LogP contribution in [-0.4, -0.2) is 67.3 Å². The van der Waals surface area contributed by atoms with Crippen molar-refractivity contribution in [1.82, 2.24) is 0 Å². The summed E-state index contributed by atoms with van der Waals surface area (Å²) in [5.41, 5.74) is -1.28. The molecule has 0 spiro atoms. The Morgan fingerprint density at radius 2 is 1.61 bits per heavy atom. The summed E-state index contributed by atoms with van der Waals surface area (Å²) >= 11 is 0. The first-order valence-corrected chi connectivity index (χ1v) is 13.4. The monoisotopic (exact) mass is 468 g/mol. The van der Waals surface area contributed by atoms with E-state index in [1.165, 1.54) is 0 Å². The topological polar surface area (TPSA) is 121 Å². The zero-order chi connectivity index (χ0) is 24.3. The van der Waals surface area contributed by atoms with Gasteiger partial charge in [-0.25, -0.2) is 0 Å². The highest BCUT2D eigenvalue weighted by atomic mass is 16.3. The summed E-state index contributed by atoms with van der Waals surface area (Å²) in [4.78, 5) is 0. The molecule has 0 aromatic heterocycles. The molecule has 6 N–H and O–H groups in total. The molecule has 4 rings (SSSR count). The molecule has 4 fully saturated rings. The van der Waals surface area contributed by atoms with Crippen LogP contribution in [0, 0.1) is 46.3 Å². The minimum Gasteiger partial charge on any atom is -0.393 e. The number of fused-ring (bicyclic) bond motifs is 5. The van der Waals surface area contributed by atoms with E-state index in [4.69, 9.17) is 0 Å². The van der Waals surface area contributed by atoms with E-state index < -0.39 is 23.9 Å². The summed E-state index contributed by atoms with van der Waals surface area (Å²) in [6.07, 6.45) is 4.83. The molecule has 0 heterocycles. The van der Waals surface area contributed by atoms with Crippen LogP contribution in [0.25, 0.3) is 0 Å². The molecule has 0 saturated heterocycles. The Morgan fingerprint density at radius 3 is 2.27 bits per heavy atom. The molecule has 0 aliphatic heterocycles. The standard InChI is InChI=1S/C27H48O6/c1-15(6-5-9-25(2,33)14-28)21-23(31)24(32)22-17-13-20(30)19-12-16(29)7-10-26(19,3)18(17)8-11-27(21,22)4/h15-24,28-33H,5-14H2,1-4H3/t15-,16+,17-,18+,19-,20-,21+,22-,23-,24-,25+,26-,27-/m1/s1. The lowest BCUT2D eigenvalue weighted by Crippen LogP contribution is -2.59. The molecule has 0 amide bonds. The van der Waals surface area contributed by atoms with Gasteiger partial charge in [-0.15, -0.1) is 0 Å². The highest BCUT2D eigenvalue weighted by molar-refractivity contribution is 5.15. The van der Waals surface area contributed by atoms with E-state index in [-0.39, 0.29) is 53.1 Å². The van der Waals surface area contributed by atoms with Crippen LogP contribution >= 0.6 is 0 Å². The van der Waals surface area contributed by atoms with Gasteiger partial charge in [0.1, 0.15) is 0 Å². The van der Waals surface area contributed by atoms with E-state index in [0.29, 0.717) is 25.2 Å². The van der Waals surface area contributed by atoms with Crippen molar-refractivity contribution in [3.63, 3.8) is 0 Å². The van der Waals surface area contributed by atoms with E-state index in [9.17, 15) is 30.6 Å². The van der Waals surface area contributed by atoms with Gasteiger partial charge in [0.15, 0.2) is 0 Å². The van der Waals surface area contributed by atoms with E-state index in [1.807, 2.05) is 0 Å². The molecule has 0 radical (unpaired) electrons. The van der Waals surface area contributed by atoms with Crippen molar-refractivity contribution in [3.05, 3.63) is 0 Å². The van der Waals surface area contributed by atoms with Crippen LogP contribution in [0.15, 0.2) is 0 Å². The molecule has 4 aliphatic rings. The highest BCUT2D eigenvalue weighted by Gasteiger charge is 2.67. The van der Waals surface area contributed by atoms with Crippen LogP contribution in [0.5, 0.6) is 0 Å². The number of aliphatic hydroxyl groups is 6. The van der Waals surface area contributed by atoms with E-state index in [0.717, 1.165) is 38.5 Å². The maximum absolute atomic E-state index is 11.4. The quantitative estimate of drug-likeness (QED) is 0.356. The first-order chi connectivity index (χ1) is 15.4. The molecule has 6 nitrogen and oxygen atoms in total. The van der Waals surface area contributed by atoms with Crippen LogP contribution in [0.3, 0.4) is 0 Å². The molecular weight excluding hydrogens is 420 g/mol. The molecule has 0 aromatic carbocycles. The van der Waals surface area contributed by atoms with Crippen LogP contribution in [0.1, 0.15) is 85.5 Å². The molecule has 33 heavy (non-hydrogen) atoms. The minimum atomic E-state index is -1.07. The van der Waals surface area contributed by atoms with Gasteiger partial charge in [-0.1, -0.05) is 33.6 Å². The maximum atomic E-state index is 11.4. The average Bonchev–Trinajstić information content (AvgIpc) is 2.95. The van der Waals surface area contributed by atoms with Crippen LogP contribution in [0.4, 0.5) is 0 Å². The fraction of sp³-hybridized carbons (Fsp3) is 1.00. The van der Waals surface area contributed by atoms with Crippen molar-refractivity contribution in [1.29, 1.82) is 0 Å². The summed E-state index contributed by atoms with van der Waals surface area (Å²) in [7, 11) is 0. The summed E-state index contributed by atoms with van der Waals surface area (Å²) in [6.45, 7) is 8.11. The van der Waals surface area contributed by atoms with Crippen molar-refractivity contribution in [2.75, 3.05) is 6.61 Å². The lowest BCUT2D eigenvalue weighted by molar-refractivity contribution is -0.181. The Kier molecular flexibility index (Phi) is 7.05. The first-order valence-electron chi connectivity index (χ1n) is 13.4. The molecule has 4 aliphatic carbocycles. The van der Waals surface area contributed by atoms with Crippen molar-refractivity contribution >= 4 is 0 Å². The lowest BCUT2D eigenvalue weighted by Gasteiger charge is -2.62. The highest BCUT2D eigenvalue weighted by Crippen LogP contribution is 2.68. The fourth-order valence-electron chi connectivity index (χ4n) is 9.46. The molecule has 0 aromatic rings. The van der Waals surface area contributed by atoms with Gasteiger partial charge in [0.25, 0.3) is 0 Å². The maximum Gasteiger partial charge on any atom is 0.0849 e. The van der Waals surface area contributed by atoms with Crippen molar-refractivity contribution in [3.8, 4) is 0 Å². The van der Waals surface area contributed by atoms with Gasteiger partial charge >= 0.3 is 0 Å². The van der Waals surface area contributed by atoms with E-state index >= 15 is 0 Å². The Morgan fingerprint density at radius 1 is 0.939 bits per heavy atom. The number of aliphatic hydroxyl groups excluding tert-OH is 5. The van der Waals surface area contributed by atoms with Gasteiger partial charge in [0, 0.05) is 0 Å². The summed E-state index contributed by atoms with van der Waals surface area (Å²) < 4.78 is 0. The van der Waals surface area contributed by atoms with Crippen LogP contribution in [-0.2, 0) is 0 Å². The third-order valence-corrected chi connectivity index (χ3v) is 11.1. The Balaban J connectivity index is 1.55. The second-order valence-corrected chi connectivity index (χ2v) is 13.2. The molecule has 0 bridgehead atoms. The molecule has 192 valence electrons. The minimum absolute atomic E-state index is 0.0200. The van der Waals surface area contributed by atoms with Gasteiger partial charge in [-0.3, -0.25) is 0 Å². The van der Waals surface area contributed by atoms with E-state index in [1.54, 1.807) is 6.92 Å². The third kappa shape index (κ3) is 4.21. The summed E-state index contributed by atoms with van der Waals surface area (Å²) in [5, 5.41) is 63.6. The zero-order valence-corrected chi connectivity index (χ0v) is 21.0. The Labute approximate surface area is 199 Å². The van der Waals surface area contributed by atoms with Crippen molar-refractivity contribution in [2.45, 2.75) is 115 Å². The van der Waals surface area contributed by atoms with Gasteiger partial charge in [-0.05, 0) is 98.2 Å². The van der Waals surface area contributed by atoms with Gasteiger partial charge < -0.3 is 30.6 Å². The Hall–Kier alpha value is -0.240. The number of hydrogen-bond acceptors (Lipinski definition) is 6. The molecular formula is C27H48O6. The van der Waals surface area contributed by atoms with Gasteiger partial charge in [0.2, 0.25) is 0 Å². The van der Waals surface area contributed by atoms with Gasteiger partial charge in [-0.2, -0.15) is 0 Å². The molecule has 6 heteroatoms. The predicted molar refractivity (Wildman–Crippen MR) is 126 cm³/mol. The predicted octanol–water partition coefficient (Wildman–Crippen LogP) is 2.47. The first kappa shape index (κ1) is 25.8. The SMILES string of the molecule is C[C@H](CCC[C@](C)(O)CO)[C@H]1[C@@H](O)[C@H](O)[C@H]2[C@@H]3C[C@@H](O)[C@H]4C[C@@H](O)CC[C@]4(C)[C@H]3CC[C@]12C. The third-order valence-electron chi connectivity index (χ3n) is 11.1. The second-order valence-electron chi connectivity index (χ2n) is 13.2. The second kappa shape index (κ2) is 9.01. The molecule has 13 atom stereocenters. The van der Waals surface area contributed by atoms with Crippen LogP contribution < -0.4 is 0 Å². The van der Waals surface area contributed by atoms with Gasteiger partial charge in [0.05, 0.1) is 36.6 Å². The molecule has 4 saturated carbocycles. The normalized spacial score (nSPS) is 52.4. The number of hydrogen-bond donors (Lipinski definition) is 6.